The average Bonchev–Trinajstić information content (AvgIpc) is 2.20. The van der Waals surface area contributed by atoms with Crippen LogP contribution in [0.4, 0.5) is 14.5 Å². The van der Waals surface area contributed by atoms with Crippen molar-refractivity contribution in [1.29, 1.82) is 0 Å². The number of hydrogen-bond acceptors (Lipinski definition) is 1. The lowest BCUT2D eigenvalue weighted by Crippen LogP contribution is -2.13. The van der Waals surface area contributed by atoms with Gasteiger partial charge in [0.25, 0.3) is 0 Å². The summed E-state index contributed by atoms with van der Waals surface area (Å²) in [5.41, 5.74) is -0.453. The lowest BCUT2D eigenvalue weighted by atomic mass is 10.2. The highest BCUT2D eigenvalue weighted by atomic mass is 79.9. The number of anilines is 1. The molecule has 0 heterocycles. The van der Waals surface area contributed by atoms with Crippen LogP contribution >= 0.6 is 15.9 Å². The maximum Gasteiger partial charge on any atom is 0.225 e. The molecule has 16 heavy (non-hydrogen) atoms. The van der Waals surface area contributed by atoms with E-state index in [1.807, 2.05) is 0 Å². The molecule has 0 aromatic heterocycles. The fourth-order valence-corrected chi connectivity index (χ4v) is 1.45. The van der Waals surface area contributed by atoms with Crippen molar-refractivity contribution in [2.75, 3.05) is 5.32 Å². The third-order valence-electron chi connectivity index (χ3n) is 1.77. The van der Waals surface area contributed by atoms with Crippen LogP contribution in [0.3, 0.4) is 0 Å². The first-order valence-corrected chi connectivity index (χ1v) is 5.21. The van der Waals surface area contributed by atoms with Gasteiger partial charge in [-0.1, -0.05) is 15.9 Å². The normalized spacial score (nSPS) is 9.62. The first kappa shape index (κ1) is 12.7. The second-order valence-electron chi connectivity index (χ2n) is 3.00. The molecular weight excluding hydrogens is 280 g/mol. The number of carbonyl (C=O) groups excluding carboxylic acids is 1. The average molecular weight is 288 g/mol. The molecule has 84 valence electrons. The second-order valence-corrected chi connectivity index (χ2v) is 3.91. The van der Waals surface area contributed by atoms with E-state index in [4.69, 9.17) is 6.42 Å². The molecule has 0 spiro atoms. The molecule has 0 aliphatic rings. The molecule has 0 saturated carbocycles. The molecule has 0 atom stereocenters. The van der Waals surface area contributed by atoms with Gasteiger partial charge in [0.1, 0.15) is 5.69 Å². The summed E-state index contributed by atoms with van der Waals surface area (Å²) in [6, 6.07) is 2.14. The zero-order chi connectivity index (χ0) is 12.1. The van der Waals surface area contributed by atoms with Crippen LogP contribution in [-0.2, 0) is 4.79 Å². The Morgan fingerprint density at radius 1 is 1.44 bits per heavy atom. The second kappa shape index (κ2) is 5.61. The highest BCUT2D eigenvalue weighted by Crippen LogP contribution is 2.23. The molecule has 1 N–H and O–H groups in total. The van der Waals surface area contributed by atoms with E-state index in [9.17, 15) is 13.6 Å². The van der Waals surface area contributed by atoms with Crippen LogP contribution in [0.25, 0.3) is 0 Å². The van der Waals surface area contributed by atoms with Crippen LogP contribution in [0.5, 0.6) is 0 Å². The SMILES string of the molecule is C#CCCC(=O)Nc1c(F)cc(Br)cc1F. The number of benzene rings is 1. The standard InChI is InChI=1S/C11H8BrF2NO/c1-2-3-4-10(16)15-11-8(13)5-7(12)6-9(11)14/h1,5-6H,3-4H2,(H,15,16). The zero-order valence-electron chi connectivity index (χ0n) is 8.19. The molecule has 0 radical (unpaired) electrons. The van der Waals surface area contributed by atoms with Crippen molar-refractivity contribution in [2.24, 2.45) is 0 Å². The van der Waals surface area contributed by atoms with Crippen LogP contribution in [0.2, 0.25) is 0 Å². The minimum Gasteiger partial charge on any atom is -0.321 e. The maximum atomic E-state index is 13.3. The predicted octanol–water partition coefficient (Wildman–Crippen LogP) is 3.08. The molecule has 1 amide bonds. The summed E-state index contributed by atoms with van der Waals surface area (Å²) in [7, 11) is 0. The van der Waals surface area contributed by atoms with Gasteiger partial charge in [-0.15, -0.1) is 12.3 Å². The van der Waals surface area contributed by atoms with Crippen LogP contribution in [-0.4, -0.2) is 5.91 Å². The van der Waals surface area contributed by atoms with Gasteiger partial charge in [-0.3, -0.25) is 4.79 Å². The molecule has 1 rings (SSSR count). The molecule has 2 nitrogen and oxygen atoms in total. The maximum absolute atomic E-state index is 13.3. The Balaban J connectivity index is 2.82. The lowest BCUT2D eigenvalue weighted by molar-refractivity contribution is -0.116. The smallest absolute Gasteiger partial charge is 0.225 e. The summed E-state index contributed by atoms with van der Waals surface area (Å²) in [4.78, 5) is 11.2. The van der Waals surface area contributed by atoms with E-state index in [0.717, 1.165) is 12.1 Å². The Hall–Kier alpha value is -1.41. The lowest BCUT2D eigenvalue weighted by Gasteiger charge is -2.07. The Labute approximate surface area is 100 Å². The third-order valence-corrected chi connectivity index (χ3v) is 2.23. The molecule has 0 fully saturated rings. The molecule has 1 aromatic rings. The molecule has 0 bridgehead atoms. The van der Waals surface area contributed by atoms with Gasteiger partial charge in [-0.25, -0.2) is 8.78 Å². The first-order chi connectivity index (χ1) is 7.54. The van der Waals surface area contributed by atoms with Gasteiger partial charge in [-0.2, -0.15) is 0 Å². The van der Waals surface area contributed by atoms with Crippen molar-refractivity contribution in [3.8, 4) is 12.3 Å². The summed E-state index contributed by atoms with van der Waals surface area (Å²) in [6.07, 6.45) is 5.23. The van der Waals surface area contributed by atoms with E-state index in [1.54, 1.807) is 0 Å². The zero-order valence-corrected chi connectivity index (χ0v) is 9.77. The van der Waals surface area contributed by atoms with Gasteiger partial charge in [0.05, 0.1) is 0 Å². The van der Waals surface area contributed by atoms with Crippen LogP contribution in [0.1, 0.15) is 12.8 Å². The van der Waals surface area contributed by atoms with Crippen molar-refractivity contribution in [2.45, 2.75) is 12.8 Å². The van der Waals surface area contributed by atoms with Crippen LogP contribution in [0.15, 0.2) is 16.6 Å². The van der Waals surface area contributed by atoms with Crippen molar-refractivity contribution in [1.82, 2.24) is 0 Å². The fourth-order valence-electron chi connectivity index (χ4n) is 1.05. The Bertz CT molecular complexity index is 431. The fraction of sp³-hybridized carbons (Fsp3) is 0.182. The minimum atomic E-state index is -0.832. The summed E-state index contributed by atoms with van der Waals surface area (Å²) < 4.78 is 26.8. The van der Waals surface area contributed by atoms with Gasteiger partial charge >= 0.3 is 0 Å². The van der Waals surface area contributed by atoms with Gasteiger partial charge in [0.2, 0.25) is 5.91 Å². The Morgan fingerprint density at radius 2 is 2.00 bits per heavy atom. The minimum absolute atomic E-state index is 0.0332. The first-order valence-electron chi connectivity index (χ1n) is 4.42. The largest absolute Gasteiger partial charge is 0.321 e. The number of terminal acetylenes is 1. The predicted molar refractivity (Wildman–Crippen MR) is 60.8 cm³/mol. The van der Waals surface area contributed by atoms with Gasteiger partial charge < -0.3 is 5.32 Å². The van der Waals surface area contributed by atoms with E-state index in [1.165, 1.54) is 0 Å². The Kier molecular flexibility index (Phi) is 4.44. The number of halogens is 3. The van der Waals surface area contributed by atoms with Crippen molar-refractivity contribution >= 4 is 27.5 Å². The van der Waals surface area contributed by atoms with E-state index in [0.29, 0.717) is 0 Å². The van der Waals surface area contributed by atoms with E-state index < -0.39 is 23.2 Å². The van der Waals surface area contributed by atoms with Crippen LogP contribution in [0, 0.1) is 24.0 Å². The topological polar surface area (TPSA) is 29.1 Å². The quantitative estimate of drug-likeness (QED) is 0.851. The summed E-state index contributed by atoms with van der Waals surface area (Å²) in [6.45, 7) is 0. The summed E-state index contributed by atoms with van der Waals surface area (Å²) in [5.74, 6) is 0.0863. The number of rotatable bonds is 3. The number of carbonyl (C=O) groups is 1. The van der Waals surface area contributed by atoms with Gasteiger partial charge in [-0.05, 0) is 12.1 Å². The molecule has 5 heteroatoms. The molecule has 0 aliphatic carbocycles. The molecule has 0 saturated heterocycles. The van der Waals surface area contributed by atoms with E-state index in [-0.39, 0.29) is 17.3 Å². The molecule has 0 unspecified atom stereocenters. The van der Waals surface area contributed by atoms with Crippen molar-refractivity contribution in [3.63, 3.8) is 0 Å². The molecule has 1 aromatic carbocycles. The third kappa shape index (κ3) is 3.31. The van der Waals surface area contributed by atoms with Crippen LogP contribution < -0.4 is 5.32 Å². The molecular formula is C11H8BrF2NO. The molecule has 0 aliphatic heterocycles. The number of amides is 1. The number of nitrogens with one attached hydrogen (secondary N) is 1. The Morgan fingerprint density at radius 3 is 2.50 bits per heavy atom. The number of hydrogen-bond donors (Lipinski definition) is 1. The summed E-state index contributed by atoms with van der Waals surface area (Å²) >= 11 is 2.94. The van der Waals surface area contributed by atoms with Crippen molar-refractivity contribution in [3.05, 3.63) is 28.2 Å². The van der Waals surface area contributed by atoms with E-state index >= 15 is 0 Å². The summed E-state index contributed by atoms with van der Waals surface area (Å²) in [5, 5.41) is 2.14. The highest BCUT2D eigenvalue weighted by Gasteiger charge is 2.12. The van der Waals surface area contributed by atoms with Gasteiger partial charge in [0.15, 0.2) is 11.6 Å². The van der Waals surface area contributed by atoms with Crippen molar-refractivity contribution < 1.29 is 13.6 Å². The van der Waals surface area contributed by atoms with E-state index in [2.05, 4.69) is 27.2 Å². The highest BCUT2D eigenvalue weighted by molar-refractivity contribution is 9.10. The van der Waals surface area contributed by atoms with Gasteiger partial charge in [0, 0.05) is 17.3 Å². The monoisotopic (exact) mass is 287 g/mol.